The van der Waals surface area contributed by atoms with E-state index < -0.39 is 57.7 Å². The molecule has 0 saturated carbocycles. The summed E-state index contributed by atoms with van der Waals surface area (Å²) >= 11 is 0. The molecule has 5 rings (SSSR count). The lowest BCUT2D eigenvalue weighted by Gasteiger charge is -2.40. The first-order chi connectivity index (χ1) is 18.1. The van der Waals surface area contributed by atoms with Crippen LogP contribution in [0.3, 0.4) is 0 Å². The number of para-hydroxylation sites is 1. The van der Waals surface area contributed by atoms with E-state index in [0.717, 1.165) is 4.90 Å². The smallest absolute Gasteiger partial charge is 0.347 e. The van der Waals surface area contributed by atoms with Crippen LogP contribution >= 0.6 is 0 Å². The lowest BCUT2D eigenvalue weighted by atomic mass is 9.70. The highest BCUT2D eigenvalue weighted by molar-refractivity contribution is 6.25. The van der Waals surface area contributed by atoms with Gasteiger partial charge in [-0.1, -0.05) is 39.0 Å². The Morgan fingerprint density at radius 2 is 1.59 bits per heavy atom. The van der Waals surface area contributed by atoms with Crippen LogP contribution in [0.5, 0.6) is 0 Å². The Balaban J connectivity index is 1.78. The number of hydrogen-bond acceptors (Lipinski definition) is 8. The maximum atomic E-state index is 14.2. The molecule has 0 radical (unpaired) electrons. The highest BCUT2D eigenvalue weighted by Gasteiger charge is 2.86. The maximum Gasteiger partial charge on any atom is 0.347 e. The Hall–Kier alpha value is -3.53. The molecule has 3 fully saturated rings. The Bertz CT molecular complexity index is 1320. The lowest BCUT2D eigenvalue weighted by molar-refractivity contribution is -0.193. The molecule has 0 aliphatic carbocycles. The molecule has 4 atom stereocenters. The van der Waals surface area contributed by atoms with Gasteiger partial charge in [0.05, 0.1) is 17.7 Å². The number of fused-ring (bicyclic) bond motifs is 3. The van der Waals surface area contributed by atoms with E-state index in [1.807, 2.05) is 0 Å². The standard InChI is InChI=1S/C29H34N2O8/c1-8-37-25(36)28-18-19(22(33)31(21(18)32)16-12-10-9-11-13-16)29(39-28)17(20(28)38-24(35)27(5,6)7)14-15-30(29)23(34)26(2,3)4/h9-13,18-19H,8,14-15H2,1-7H3. The summed E-state index contributed by atoms with van der Waals surface area (Å²) in [5, 5.41) is 0. The molecule has 4 heterocycles. The van der Waals surface area contributed by atoms with Gasteiger partial charge in [0, 0.05) is 17.5 Å². The number of hydrogen-bond donors (Lipinski definition) is 0. The normalized spacial score (nSPS) is 29.6. The zero-order valence-electron chi connectivity index (χ0n) is 23.3. The van der Waals surface area contributed by atoms with E-state index in [0.29, 0.717) is 11.3 Å². The van der Waals surface area contributed by atoms with Gasteiger partial charge in [-0.3, -0.25) is 19.2 Å². The first-order valence-electron chi connectivity index (χ1n) is 13.2. The molecule has 1 aromatic rings. The molecule has 0 aromatic heterocycles. The van der Waals surface area contributed by atoms with Crippen LogP contribution in [0.2, 0.25) is 0 Å². The molecule has 1 aromatic carbocycles. The second kappa shape index (κ2) is 8.48. The number of benzene rings is 1. The minimum atomic E-state index is -2.20. The van der Waals surface area contributed by atoms with Crippen molar-refractivity contribution in [3.8, 4) is 0 Å². The van der Waals surface area contributed by atoms with E-state index in [4.69, 9.17) is 14.2 Å². The SMILES string of the molecule is CCOC(=O)C12OC3(C(=C1OC(=O)C(C)(C)C)CCN3C(=O)C(C)(C)C)C1C(=O)N(c3ccccc3)C(=O)C12. The molecule has 0 N–H and O–H groups in total. The number of imide groups is 1. The minimum absolute atomic E-state index is 0.0423. The maximum absolute atomic E-state index is 14.2. The number of nitrogens with zero attached hydrogens (tertiary/aromatic N) is 2. The molecule has 1 spiro atoms. The molecule has 39 heavy (non-hydrogen) atoms. The van der Waals surface area contributed by atoms with E-state index in [1.54, 1.807) is 78.8 Å². The molecular weight excluding hydrogens is 504 g/mol. The highest BCUT2D eigenvalue weighted by Crippen LogP contribution is 2.68. The fourth-order valence-corrected chi connectivity index (χ4v) is 6.11. The summed E-state index contributed by atoms with van der Waals surface area (Å²) in [7, 11) is 0. The Kier molecular flexibility index (Phi) is 5.88. The third-order valence-electron chi connectivity index (χ3n) is 7.80. The number of rotatable bonds is 4. The summed E-state index contributed by atoms with van der Waals surface area (Å²) in [6.07, 6.45) is 0.200. The number of anilines is 1. The van der Waals surface area contributed by atoms with Crippen LogP contribution in [0.4, 0.5) is 5.69 Å². The zero-order valence-corrected chi connectivity index (χ0v) is 23.3. The largest absolute Gasteiger partial charge is 0.463 e. The summed E-state index contributed by atoms with van der Waals surface area (Å²) in [6.45, 7) is 11.9. The molecule has 2 bridgehead atoms. The summed E-state index contributed by atoms with van der Waals surface area (Å²) in [4.78, 5) is 71.6. The third kappa shape index (κ3) is 3.46. The third-order valence-corrected chi connectivity index (χ3v) is 7.80. The Morgan fingerprint density at radius 1 is 0.974 bits per heavy atom. The van der Waals surface area contributed by atoms with Gasteiger partial charge in [0.25, 0.3) is 0 Å². The van der Waals surface area contributed by atoms with Gasteiger partial charge in [0.15, 0.2) is 11.5 Å². The summed E-state index contributed by atoms with van der Waals surface area (Å²) < 4.78 is 17.9. The van der Waals surface area contributed by atoms with Gasteiger partial charge in [0.1, 0.15) is 11.8 Å². The minimum Gasteiger partial charge on any atom is -0.463 e. The van der Waals surface area contributed by atoms with Crippen LogP contribution < -0.4 is 4.90 Å². The van der Waals surface area contributed by atoms with Gasteiger partial charge in [-0.15, -0.1) is 0 Å². The average molecular weight is 539 g/mol. The molecule has 3 amide bonds. The van der Waals surface area contributed by atoms with E-state index >= 15 is 0 Å². The Labute approximate surface area is 227 Å². The molecule has 3 saturated heterocycles. The van der Waals surface area contributed by atoms with E-state index in [9.17, 15) is 24.0 Å². The topological polar surface area (TPSA) is 120 Å². The second-order valence-corrected chi connectivity index (χ2v) is 12.5. The average Bonchev–Trinajstić information content (AvgIpc) is 3.53. The van der Waals surface area contributed by atoms with Crippen LogP contribution in [-0.4, -0.2) is 59.0 Å². The first-order valence-corrected chi connectivity index (χ1v) is 13.2. The molecular formula is C29H34N2O8. The second-order valence-electron chi connectivity index (χ2n) is 12.5. The van der Waals surface area contributed by atoms with Crippen LogP contribution in [0.15, 0.2) is 41.7 Å². The predicted molar refractivity (Wildman–Crippen MR) is 137 cm³/mol. The summed E-state index contributed by atoms with van der Waals surface area (Å²) in [6, 6.07) is 8.39. The van der Waals surface area contributed by atoms with Crippen molar-refractivity contribution in [2.75, 3.05) is 18.1 Å². The van der Waals surface area contributed by atoms with Gasteiger partial charge in [-0.05, 0) is 46.2 Å². The fourth-order valence-electron chi connectivity index (χ4n) is 6.11. The highest BCUT2D eigenvalue weighted by atomic mass is 16.6. The van der Waals surface area contributed by atoms with Crippen LogP contribution in [0, 0.1) is 22.7 Å². The van der Waals surface area contributed by atoms with Gasteiger partial charge < -0.3 is 19.1 Å². The van der Waals surface area contributed by atoms with Crippen molar-refractivity contribution < 1.29 is 38.2 Å². The van der Waals surface area contributed by atoms with Crippen molar-refractivity contribution in [3.63, 3.8) is 0 Å². The number of likely N-dealkylation sites (tertiary alicyclic amines) is 1. The van der Waals surface area contributed by atoms with Crippen LogP contribution in [0.25, 0.3) is 0 Å². The molecule has 10 heteroatoms. The van der Waals surface area contributed by atoms with E-state index in [2.05, 4.69) is 0 Å². The van der Waals surface area contributed by atoms with Crippen molar-refractivity contribution in [2.45, 2.75) is 66.2 Å². The van der Waals surface area contributed by atoms with Crippen LogP contribution in [0.1, 0.15) is 54.9 Å². The number of amides is 3. The fraction of sp³-hybridized carbons (Fsp3) is 0.552. The van der Waals surface area contributed by atoms with Gasteiger partial charge in [-0.2, -0.15) is 0 Å². The number of carbonyl (C=O) groups is 5. The molecule has 208 valence electrons. The molecule has 4 aliphatic rings. The summed E-state index contributed by atoms with van der Waals surface area (Å²) in [5.41, 5.74) is -5.12. The zero-order chi connectivity index (χ0) is 28.7. The van der Waals surface area contributed by atoms with Crippen LogP contribution in [-0.2, 0) is 38.2 Å². The Morgan fingerprint density at radius 3 is 2.15 bits per heavy atom. The van der Waals surface area contributed by atoms with Crippen molar-refractivity contribution in [3.05, 3.63) is 41.7 Å². The van der Waals surface area contributed by atoms with Gasteiger partial charge >= 0.3 is 11.9 Å². The number of ether oxygens (including phenoxy) is 3. The van der Waals surface area contributed by atoms with Gasteiger partial charge in [0.2, 0.25) is 23.3 Å². The quantitative estimate of drug-likeness (QED) is 0.424. The lowest BCUT2D eigenvalue weighted by Crippen LogP contribution is -2.57. The van der Waals surface area contributed by atoms with Crippen molar-refractivity contribution in [1.82, 2.24) is 4.90 Å². The summed E-state index contributed by atoms with van der Waals surface area (Å²) in [5.74, 6) is -5.93. The van der Waals surface area contributed by atoms with Gasteiger partial charge in [-0.25, -0.2) is 9.69 Å². The molecule has 10 nitrogen and oxygen atoms in total. The van der Waals surface area contributed by atoms with E-state index in [-0.39, 0.29) is 31.2 Å². The predicted octanol–water partition coefficient (Wildman–Crippen LogP) is 2.96. The number of carbonyl (C=O) groups excluding carboxylic acids is 5. The number of esters is 2. The van der Waals surface area contributed by atoms with Crippen molar-refractivity contribution >= 4 is 35.3 Å². The van der Waals surface area contributed by atoms with Crippen molar-refractivity contribution in [2.24, 2.45) is 22.7 Å². The first kappa shape index (κ1) is 27.1. The molecule has 4 unspecified atom stereocenters. The van der Waals surface area contributed by atoms with Crippen molar-refractivity contribution in [1.29, 1.82) is 0 Å². The molecule has 4 aliphatic heterocycles. The van der Waals surface area contributed by atoms with E-state index in [1.165, 1.54) is 4.90 Å². The monoisotopic (exact) mass is 538 g/mol.